The largest absolute Gasteiger partial charge is 0.417 e. The average Bonchev–Trinajstić information content (AvgIpc) is 2.44. The fourth-order valence-electron chi connectivity index (χ4n) is 2.08. The van der Waals surface area contributed by atoms with Crippen LogP contribution in [0.2, 0.25) is 0 Å². The van der Waals surface area contributed by atoms with Gasteiger partial charge in [-0.05, 0) is 25.1 Å². The number of carbonyl (C=O) groups excluding carboxylic acids is 1. The molecule has 0 radical (unpaired) electrons. The highest BCUT2D eigenvalue weighted by Crippen LogP contribution is 2.45. The van der Waals surface area contributed by atoms with Crippen LogP contribution in [0.3, 0.4) is 0 Å². The number of benzene rings is 1. The van der Waals surface area contributed by atoms with E-state index in [9.17, 15) is 39.9 Å². The van der Waals surface area contributed by atoms with Gasteiger partial charge < -0.3 is 10.6 Å². The highest BCUT2D eigenvalue weighted by molar-refractivity contribution is 5.90. The molecule has 0 aliphatic heterocycles. The molecule has 1 rings (SSSR count). The minimum atomic E-state index is -5.52. The molecule has 0 spiro atoms. The van der Waals surface area contributed by atoms with Gasteiger partial charge in [0.25, 0.3) is 5.92 Å². The minimum Gasteiger partial charge on any atom is -0.319 e. The van der Waals surface area contributed by atoms with Crippen LogP contribution in [0.15, 0.2) is 24.3 Å². The van der Waals surface area contributed by atoms with Crippen molar-refractivity contribution >= 4 is 11.7 Å². The van der Waals surface area contributed by atoms with Crippen molar-refractivity contribution in [3.8, 4) is 0 Å². The number of urea groups is 1. The third kappa shape index (κ3) is 4.36. The van der Waals surface area contributed by atoms with Gasteiger partial charge in [0.1, 0.15) is 0 Å². The summed E-state index contributed by atoms with van der Waals surface area (Å²) in [5, 5.41) is 2.87. The maximum Gasteiger partial charge on any atom is 0.417 e. The third-order valence-electron chi connectivity index (χ3n) is 3.77. The first-order valence-corrected chi connectivity index (χ1v) is 7.23. The van der Waals surface area contributed by atoms with Crippen LogP contribution in [0.5, 0.6) is 0 Å². The Hall–Kier alpha value is -2.07. The quantitative estimate of drug-likeness (QED) is 0.659. The lowest BCUT2D eigenvalue weighted by atomic mass is 9.85. The van der Waals surface area contributed by atoms with Crippen LogP contribution in [0.25, 0.3) is 0 Å². The molecule has 1 unspecified atom stereocenters. The van der Waals surface area contributed by atoms with E-state index in [1.165, 1.54) is 0 Å². The number of nitrogens with one attached hydrogen (secondary N) is 2. The monoisotopic (exact) mass is 392 g/mol. The standard InChI is InChI=1S/C15H16F8N2O/c1-8(2)13(16,17)12(3,15(21,22)23)25-11(26)24-10-6-4-5-9(7-10)14(18,19)20/h4-8H,1-3H3,(H2,24,25,26). The number of alkyl halides is 8. The van der Waals surface area contributed by atoms with Gasteiger partial charge >= 0.3 is 18.4 Å². The Bertz CT molecular complexity index is 654. The molecule has 0 heterocycles. The molecule has 3 nitrogen and oxygen atoms in total. The zero-order valence-corrected chi connectivity index (χ0v) is 13.8. The van der Waals surface area contributed by atoms with E-state index in [-0.39, 0.29) is 6.92 Å². The molecule has 0 saturated heterocycles. The van der Waals surface area contributed by atoms with Crippen LogP contribution in [0, 0.1) is 5.92 Å². The van der Waals surface area contributed by atoms with Gasteiger partial charge in [-0.25, -0.2) is 13.6 Å². The number of hydrogen-bond acceptors (Lipinski definition) is 1. The molecular formula is C15H16F8N2O. The van der Waals surface area contributed by atoms with Crippen molar-refractivity contribution in [3.05, 3.63) is 29.8 Å². The predicted molar refractivity (Wildman–Crippen MR) is 77.8 cm³/mol. The maximum absolute atomic E-state index is 14.1. The van der Waals surface area contributed by atoms with Crippen LogP contribution in [-0.4, -0.2) is 23.7 Å². The topological polar surface area (TPSA) is 41.1 Å². The Morgan fingerprint density at radius 3 is 1.96 bits per heavy atom. The molecule has 0 saturated carbocycles. The molecule has 148 valence electrons. The number of anilines is 1. The second-order valence-electron chi connectivity index (χ2n) is 6.06. The smallest absolute Gasteiger partial charge is 0.319 e. The van der Waals surface area contributed by atoms with Gasteiger partial charge in [-0.3, -0.25) is 0 Å². The van der Waals surface area contributed by atoms with E-state index < -0.39 is 47.0 Å². The van der Waals surface area contributed by atoms with Gasteiger partial charge in [0.15, 0.2) is 5.54 Å². The summed E-state index contributed by atoms with van der Waals surface area (Å²) >= 11 is 0. The van der Waals surface area contributed by atoms with Crippen molar-refractivity contribution in [2.24, 2.45) is 5.92 Å². The predicted octanol–water partition coefficient (Wildman–Crippen LogP) is 5.44. The number of hydrogen-bond donors (Lipinski definition) is 2. The highest BCUT2D eigenvalue weighted by Gasteiger charge is 2.68. The van der Waals surface area contributed by atoms with Crippen molar-refractivity contribution in [2.75, 3.05) is 5.32 Å². The normalized spacial score (nSPS) is 15.5. The number of halogens is 8. The minimum absolute atomic E-state index is 0.110. The highest BCUT2D eigenvalue weighted by atomic mass is 19.4. The van der Waals surface area contributed by atoms with Crippen molar-refractivity contribution in [1.29, 1.82) is 0 Å². The summed E-state index contributed by atoms with van der Waals surface area (Å²) in [5.41, 5.74) is -5.60. The molecule has 1 aromatic rings. The van der Waals surface area contributed by atoms with E-state index in [4.69, 9.17) is 0 Å². The van der Waals surface area contributed by atoms with Crippen LogP contribution >= 0.6 is 0 Å². The van der Waals surface area contributed by atoms with E-state index in [2.05, 4.69) is 0 Å². The molecular weight excluding hydrogens is 376 g/mol. The van der Waals surface area contributed by atoms with Crippen molar-refractivity contribution in [2.45, 2.75) is 44.6 Å². The molecule has 1 atom stereocenters. The Morgan fingerprint density at radius 2 is 1.54 bits per heavy atom. The van der Waals surface area contributed by atoms with Crippen molar-refractivity contribution < 1.29 is 39.9 Å². The fourth-order valence-corrected chi connectivity index (χ4v) is 2.08. The van der Waals surface area contributed by atoms with Crippen LogP contribution < -0.4 is 10.6 Å². The lowest BCUT2D eigenvalue weighted by Gasteiger charge is -2.41. The van der Waals surface area contributed by atoms with Crippen LogP contribution in [0.1, 0.15) is 26.3 Å². The second-order valence-corrected chi connectivity index (χ2v) is 6.06. The summed E-state index contributed by atoms with van der Waals surface area (Å²) in [6, 6.07) is 1.30. The first-order chi connectivity index (χ1) is 11.5. The zero-order chi connectivity index (χ0) is 20.6. The van der Waals surface area contributed by atoms with Gasteiger partial charge in [-0.15, -0.1) is 0 Å². The molecule has 26 heavy (non-hydrogen) atoms. The van der Waals surface area contributed by atoms with Crippen molar-refractivity contribution in [1.82, 2.24) is 5.32 Å². The Labute approximate surface area is 143 Å². The summed E-state index contributed by atoms with van der Waals surface area (Å²) < 4.78 is 106. The van der Waals surface area contributed by atoms with Gasteiger partial charge in [0.05, 0.1) is 5.56 Å². The number of amides is 2. The summed E-state index contributed by atoms with van der Waals surface area (Å²) in [7, 11) is 0. The molecule has 2 amide bonds. The Balaban J connectivity index is 3.10. The first kappa shape index (κ1) is 22.0. The van der Waals surface area contributed by atoms with E-state index in [1.807, 2.05) is 0 Å². The number of rotatable bonds is 4. The van der Waals surface area contributed by atoms with Crippen LogP contribution in [0.4, 0.5) is 45.6 Å². The first-order valence-electron chi connectivity index (χ1n) is 7.23. The van der Waals surface area contributed by atoms with Gasteiger partial charge in [-0.2, -0.15) is 26.3 Å². The molecule has 0 aromatic heterocycles. The summed E-state index contributed by atoms with van der Waals surface area (Å²) in [5.74, 6) is -6.15. The Kier molecular flexibility index (Phi) is 5.84. The maximum atomic E-state index is 14.1. The summed E-state index contributed by atoms with van der Waals surface area (Å²) in [4.78, 5) is 11.8. The van der Waals surface area contributed by atoms with E-state index in [0.717, 1.165) is 31.3 Å². The molecule has 11 heteroatoms. The second kappa shape index (κ2) is 6.92. The van der Waals surface area contributed by atoms with Gasteiger partial charge in [-0.1, -0.05) is 19.9 Å². The van der Waals surface area contributed by atoms with Gasteiger partial charge in [0, 0.05) is 11.6 Å². The molecule has 0 bridgehead atoms. The van der Waals surface area contributed by atoms with Gasteiger partial charge in [0.2, 0.25) is 0 Å². The lowest BCUT2D eigenvalue weighted by Crippen LogP contribution is -2.69. The zero-order valence-electron chi connectivity index (χ0n) is 13.8. The number of carbonyl (C=O) groups is 1. The van der Waals surface area contributed by atoms with E-state index in [0.29, 0.717) is 12.1 Å². The SMILES string of the molecule is CC(C)C(F)(F)C(C)(NC(=O)Nc1cccc(C(F)(F)F)c1)C(F)(F)F. The van der Waals surface area contributed by atoms with Crippen LogP contribution in [-0.2, 0) is 6.18 Å². The summed E-state index contributed by atoms with van der Waals surface area (Å²) in [6.07, 6.45) is -10.3. The molecule has 0 fully saturated rings. The lowest BCUT2D eigenvalue weighted by molar-refractivity contribution is -0.266. The molecule has 1 aromatic carbocycles. The van der Waals surface area contributed by atoms with Crippen molar-refractivity contribution in [3.63, 3.8) is 0 Å². The third-order valence-corrected chi connectivity index (χ3v) is 3.77. The molecule has 2 N–H and O–H groups in total. The molecule has 0 aliphatic carbocycles. The Morgan fingerprint density at radius 1 is 1.00 bits per heavy atom. The fraction of sp³-hybridized carbons (Fsp3) is 0.533. The van der Waals surface area contributed by atoms with E-state index >= 15 is 0 Å². The molecule has 0 aliphatic rings. The average molecular weight is 392 g/mol. The summed E-state index contributed by atoms with van der Waals surface area (Å²) in [6.45, 7) is 1.80. The van der Waals surface area contributed by atoms with E-state index in [1.54, 1.807) is 5.32 Å².